The third-order valence-corrected chi connectivity index (χ3v) is 5.17. The lowest BCUT2D eigenvalue weighted by atomic mass is 9.94. The van der Waals surface area contributed by atoms with Gasteiger partial charge in [0.05, 0.1) is 24.3 Å². The second-order valence-corrected chi connectivity index (χ2v) is 7.14. The Kier molecular flexibility index (Phi) is 6.40. The summed E-state index contributed by atoms with van der Waals surface area (Å²) in [5, 5.41) is 20.6. The van der Waals surface area contributed by atoms with Gasteiger partial charge in [0.15, 0.2) is 0 Å². The number of carbonyl (C=O) groups excluding carboxylic acids is 2. The van der Waals surface area contributed by atoms with E-state index in [-0.39, 0.29) is 22.6 Å². The molecule has 0 aromatic heterocycles. The van der Waals surface area contributed by atoms with Crippen molar-refractivity contribution in [1.29, 1.82) is 0 Å². The number of benzene rings is 2. The lowest BCUT2D eigenvalue weighted by Gasteiger charge is -2.25. The van der Waals surface area contributed by atoms with Crippen LogP contribution in [0.2, 0.25) is 0 Å². The Labute approximate surface area is 174 Å². The number of rotatable bonds is 7. The van der Waals surface area contributed by atoms with E-state index in [0.717, 1.165) is 18.9 Å². The molecule has 1 saturated heterocycles. The number of aromatic hydroxyl groups is 1. The van der Waals surface area contributed by atoms with Crippen molar-refractivity contribution in [2.75, 3.05) is 13.7 Å². The van der Waals surface area contributed by atoms with E-state index in [1.807, 2.05) is 6.92 Å². The number of ether oxygens (including phenoxy) is 1. The van der Waals surface area contributed by atoms with E-state index in [1.54, 1.807) is 12.1 Å². The minimum absolute atomic E-state index is 0.00663. The van der Waals surface area contributed by atoms with Crippen LogP contribution < -0.4 is 4.74 Å². The van der Waals surface area contributed by atoms with Crippen LogP contribution in [-0.4, -0.2) is 40.5 Å². The van der Waals surface area contributed by atoms with Crippen LogP contribution in [-0.2, 0) is 9.59 Å². The molecule has 6 nitrogen and oxygen atoms in total. The number of carbonyl (C=O) groups is 2. The maximum absolute atomic E-state index is 13.9. The molecule has 2 aromatic rings. The zero-order valence-electron chi connectivity index (χ0n) is 16.9. The Morgan fingerprint density at radius 1 is 1.13 bits per heavy atom. The normalized spacial score (nSPS) is 18.1. The number of phenols is 1. The fourth-order valence-electron chi connectivity index (χ4n) is 3.66. The van der Waals surface area contributed by atoms with Crippen molar-refractivity contribution < 1.29 is 28.9 Å². The van der Waals surface area contributed by atoms with Crippen molar-refractivity contribution in [3.05, 3.63) is 65.0 Å². The van der Waals surface area contributed by atoms with Gasteiger partial charge in [-0.2, -0.15) is 0 Å². The van der Waals surface area contributed by atoms with Gasteiger partial charge in [0.1, 0.15) is 23.1 Å². The van der Waals surface area contributed by atoms with Crippen LogP contribution in [0.25, 0.3) is 5.76 Å². The average Bonchev–Trinajstić information content (AvgIpc) is 2.99. The number of methoxy groups -OCH3 is 1. The fourth-order valence-corrected chi connectivity index (χ4v) is 3.66. The molecule has 2 N–H and O–H groups in total. The molecule has 1 heterocycles. The van der Waals surface area contributed by atoms with E-state index in [1.165, 1.54) is 36.3 Å². The summed E-state index contributed by atoms with van der Waals surface area (Å²) in [7, 11) is 1.37. The van der Waals surface area contributed by atoms with Gasteiger partial charge in [0.25, 0.3) is 11.7 Å². The van der Waals surface area contributed by atoms with E-state index in [2.05, 4.69) is 0 Å². The van der Waals surface area contributed by atoms with Crippen LogP contribution in [0.15, 0.2) is 48.0 Å². The topological polar surface area (TPSA) is 87.1 Å². The first-order valence-electron chi connectivity index (χ1n) is 9.80. The van der Waals surface area contributed by atoms with Crippen LogP contribution in [0.1, 0.15) is 43.4 Å². The molecule has 1 aliphatic rings. The van der Waals surface area contributed by atoms with Crippen LogP contribution in [0.5, 0.6) is 11.5 Å². The number of aliphatic hydroxyl groups is 1. The molecule has 3 rings (SSSR count). The summed E-state index contributed by atoms with van der Waals surface area (Å²) in [6, 6.07) is 8.81. The number of ketones is 1. The van der Waals surface area contributed by atoms with Gasteiger partial charge in [-0.1, -0.05) is 31.9 Å². The molecule has 1 fully saturated rings. The predicted octanol–water partition coefficient (Wildman–Crippen LogP) is 4.15. The number of unbranched alkanes of at least 4 members (excludes halogenated alkanes) is 2. The van der Waals surface area contributed by atoms with E-state index in [9.17, 15) is 24.2 Å². The minimum atomic E-state index is -0.851. The average molecular weight is 413 g/mol. The maximum atomic E-state index is 13.9. The number of amides is 1. The van der Waals surface area contributed by atoms with Gasteiger partial charge in [-0.3, -0.25) is 9.59 Å². The lowest BCUT2D eigenvalue weighted by Crippen LogP contribution is -2.30. The quantitative estimate of drug-likeness (QED) is 0.308. The van der Waals surface area contributed by atoms with Gasteiger partial charge in [0, 0.05) is 6.54 Å². The van der Waals surface area contributed by atoms with Crippen molar-refractivity contribution in [3.8, 4) is 11.5 Å². The first-order chi connectivity index (χ1) is 14.4. The first-order valence-corrected chi connectivity index (χ1v) is 9.80. The van der Waals surface area contributed by atoms with Crippen molar-refractivity contribution >= 4 is 17.4 Å². The zero-order valence-corrected chi connectivity index (χ0v) is 16.9. The largest absolute Gasteiger partial charge is 0.508 e. The first kappa shape index (κ1) is 21.4. The Morgan fingerprint density at radius 2 is 1.83 bits per heavy atom. The summed E-state index contributed by atoms with van der Waals surface area (Å²) in [5.41, 5.74) is 0.416. The van der Waals surface area contributed by atoms with Gasteiger partial charge in [-0.05, 0) is 42.3 Å². The summed E-state index contributed by atoms with van der Waals surface area (Å²) < 4.78 is 19.1. The lowest BCUT2D eigenvalue weighted by molar-refractivity contribution is -0.139. The second-order valence-electron chi connectivity index (χ2n) is 7.14. The molecule has 158 valence electrons. The maximum Gasteiger partial charge on any atom is 0.295 e. The van der Waals surface area contributed by atoms with E-state index in [4.69, 9.17) is 4.74 Å². The summed E-state index contributed by atoms with van der Waals surface area (Å²) in [6.45, 7) is 2.36. The number of hydrogen-bond acceptors (Lipinski definition) is 5. The number of Topliss-reactive ketones (excluding diaryl/α,β-unsaturated/α-hetero) is 1. The molecule has 0 bridgehead atoms. The summed E-state index contributed by atoms with van der Waals surface area (Å²) >= 11 is 0. The minimum Gasteiger partial charge on any atom is -0.508 e. The number of halogens is 1. The van der Waals surface area contributed by atoms with E-state index < -0.39 is 29.3 Å². The molecule has 2 aromatic carbocycles. The molecule has 0 spiro atoms. The molecule has 1 amide bonds. The van der Waals surface area contributed by atoms with Crippen molar-refractivity contribution in [1.82, 2.24) is 4.90 Å². The third kappa shape index (κ3) is 4.01. The zero-order chi connectivity index (χ0) is 21.8. The molecular weight excluding hydrogens is 389 g/mol. The van der Waals surface area contributed by atoms with E-state index >= 15 is 0 Å². The Morgan fingerprint density at radius 3 is 2.47 bits per heavy atom. The van der Waals surface area contributed by atoms with Gasteiger partial charge >= 0.3 is 0 Å². The molecule has 0 aliphatic carbocycles. The molecule has 0 saturated carbocycles. The molecule has 30 heavy (non-hydrogen) atoms. The van der Waals surface area contributed by atoms with Crippen LogP contribution in [0, 0.1) is 5.82 Å². The number of likely N-dealkylation sites (tertiary alicyclic amines) is 1. The molecule has 0 radical (unpaired) electrons. The Balaban J connectivity index is 2.18. The summed E-state index contributed by atoms with van der Waals surface area (Å²) in [5.74, 6) is -2.46. The summed E-state index contributed by atoms with van der Waals surface area (Å²) in [6.07, 6.45) is 2.51. The van der Waals surface area contributed by atoms with Crippen molar-refractivity contribution in [2.45, 2.75) is 32.2 Å². The van der Waals surface area contributed by atoms with Gasteiger partial charge in [-0.25, -0.2) is 4.39 Å². The molecule has 1 aliphatic heterocycles. The number of hydrogen-bond donors (Lipinski definition) is 2. The smallest absolute Gasteiger partial charge is 0.295 e. The number of nitrogens with zero attached hydrogens (tertiary/aromatic N) is 1. The van der Waals surface area contributed by atoms with E-state index in [0.29, 0.717) is 18.5 Å². The van der Waals surface area contributed by atoms with Gasteiger partial charge in [0.2, 0.25) is 0 Å². The SMILES string of the molecule is CCCCCN1C(=O)C(=O)/C(=C(/O)c2cc(F)ccc2OC)C1c1ccc(O)cc1. The monoisotopic (exact) mass is 413 g/mol. The van der Waals surface area contributed by atoms with Crippen LogP contribution >= 0.6 is 0 Å². The van der Waals surface area contributed by atoms with Crippen molar-refractivity contribution in [3.63, 3.8) is 0 Å². The highest BCUT2D eigenvalue weighted by Gasteiger charge is 2.46. The Hall–Kier alpha value is -3.35. The Bertz CT molecular complexity index is 984. The standard InChI is InChI=1S/C23H24FNO5/c1-3-4-5-12-25-20(14-6-9-16(26)10-7-14)19(22(28)23(25)29)21(27)17-13-15(24)8-11-18(17)30-2/h6-11,13,20,26-27H,3-5,12H2,1-2H3/b21-19+. The van der Waals surface area contributed by atoms with Crippen LogP contribution in [0.3, 0.4) is 0 Å². The molecule has 7 heteroatoms. The fraction of sp³-hybridized carbons (Fsp3) is 0.304. The predicted molar refractivity (Wildman–Crippen MR) is 110 cm³/mol. The summed E-state index contributed by atoms with van der Waals surface area (Å²) in [4.78, 5) is 27.1. The highest BCUT2D eigenvalue weighted by atomic mass is 19.1. The second kappa shape index (κ2) is 8.98. The third-order valence-electron chi connectivity index (χ3n) is 5.17. The number of phenolic OH excluding ortho intramolecular Hbond substituents is 1. The highest BCUT2D eigenvalue weighted by Crippen LogP contribution is 2.41. The van der Waals surface area contributed by atoms with Crippen molar-refractivity contribution in [2.24, 2.45) is 0 Å². The highest BCUT2D eigenvalue weighted by molar-refractivity contribution is 6.46. The van der Waals surface area contributed by atoms with Gasteiger partial charge < -0.3 is 19.8 Å². The van der Waals surface area contributed by atoms with Gasteiger partial charge in [-0.15, -0.1) is 0 Å². The molecule has 1 atom stereocenters. The van der Waals surface area contributed by atoms with Crippen LogP contribution in [0.4, 0.5) is 4.39 Å². The number of aliphatic hydroxyl groups excluding tert-OH is 1. The molecule has 1 unspecified atom stereocenters. The molecular formula is C23H24FNO5.